The van der Waals surface area contributed by atoms with Gasteiger partial charge in [-0.25, -0.2) is 0 Å². The van der Waals surface area contributed by atoms with Gasteiger partial charge in [0.15, 0.2) is 0 Å². The Morgan fingerprint density at radius 1 is 0.941 bits per heavy atom. The standard InChI is InChI=1S/C12H10N3Se.HI/c1-15-6-4-9(5-7-15)10-2-3-11-12(8-10)14-16-13-11;/h2-8H,1H3;1H/q+1;/p-1. The average Bonchev–Trinajstić information content (AvgIpc) is 2.77. The summed E-state index contributed by atoms with van der Waals surface area (Å²) in [5, 5.41) is 0. The van der Waals surface area contributed by atoms with E-state index < -0.39 is 0 Å². The van der Waals surface area contributed by atoms with Gasteiger partial charge in [-0.3, -0.25) is 0 Å². The summed E-state index contributed by atoms with van der Waals surface area (Å²) in [5.41, 5.74) is 4.49. The van der Waals surface area contributed by atoms with Gasteiger partial charge in [-0.2, -0.15) is 0 Å². The maximum atomic E-state index is 4.39. The van der Waals surface area contributed by atoms with E-state index in [1.807, 2.05) is 24.0 Å². The third-order valence-electron chi connectivity index (χ3n) is 2.57. The Balaban J connectivity index is 0.00000108. The zero-order valence-electron chi connectivity index (χ0n) is 9.17. The smallest absolute Gasteiger partial charge is 1.00 e. The number of fused-ring (bicyclic) bond motifs is 1. The minimum Gasteiger partial charge on any atom is -1.00 e. The summed E-state index contributed by atoms with van der Waals surface area (Å²) >= 11 is 0.0596. The first kappa shape index (κ1) is 12.7. The zero-order chi connectivity index (χ0) is 11.0. The van der Waals surface area contributed by atoms with Crippen LogP contribution in [0.15, 0.2) is 42.7 Å². The van der Waals surface area contributed by atoms with Crippen molar-refractivity contribution in [1.29, 1.82) is 0 Å². The molecule has 86 valence electrons. The van der Waals surface area contributed by atoms with E-state index in [0.717, 1.165) is 11.0 Å². The van der Waals surface area contributed by atoms with Gasteiger partial charge in [0.05, 0.1) is 0 Å². The Morgan fingerprint density at radius 2 is 1.65 bits per heavy atom. The molecular weight excluding hydrogens is 392 g/mol. The van der Waals surface area contributed by atoms with Crippen LogP contribution in [-0.2, 0) is 7.05 Å². The van der Waals surface area contributed by atoms with E-state index in [1.54, 1.807) is 0 Å². The fourth-order valence-corrected chi connectivity index (χ4v) is 2.74. The van der Waals surface area contributed by atoms with Gasteiger partial charge in [-0.15, -0.1) is 0 Å². The van der Waals surface area contributed by atoms with E-state index in [-0.39, 0.29) is 38.9 Å². The topological polar surface area (TPSA) is 29.7 Å². The van der Waals surface area contributed by atoms with Crippen molar-refractivity contribution in [3.63, 3.8) is 0 Å². The Morgan fingerprint density at radius 3 is 2.41 bits per heavy atom. The summed E-state index contributed by atoms with van der Waals surface area (Å²) in [4.78, 5) is 0. The molecule has 3 nitrogen and oxygen atoms in total. The molecule has 0 saturated heterocycles. The molecule has 1 aromatic carbocycles. The van der Waals surface area contributed by atoms with Gasteiger partial charge in [0.1, 0.15) is 0 Å². The van der Waals surface area contributed by atoms with Crippen LogP contribution in [0.1, 0.15) is 0 Å². The van der Waals surface area contributed by atoms with Gasteiger partial charge in [-0.05, 0) is 0 Å². The molecule has 3 aromatic rings. The van der Waals surface area contributed by atoms with Crippen LogP contribution in [-0.4, -0.2) is 22.9 Å². The molecule has 3 rings (SSSR count). The number of hydrogen-bond acceptors (Lipinski definition) is 2. The number of rotatable bonds is 1. The van der Waals surface area contributed by atoms with Crippen molar-refractivity contribution in [3.8, 4) is 11.1 Å². The van der Waals surface area contributed by atoms with Crippen molar-refractivity contribution in [1.82, 2.24) is 7.96 Å². The minimum atomic E-state index is 0. The summed E-state index contributed by atoms with van der Waals surface area (Å²) in [6.45, 7) is 0. The molecule has 0 saturated carbocycles. The van der Waals surface area contributed by atoms with Gasteiger partial charge >= 0.3 is 99.4 Å². The molecule has 0 radical (unpaired) electrons. The van der Waals surface area contributed by atoms with Crippen molar-refractivity contribution in [2.24, 2.45) is 7.05 Å². The largest absolute Gasteiger partial charge is 1.00 e. The first-order chi connectivity index (χ1) is 7.83. The van der Waals surface area contributed by atoms with Gasteiger partial charge in [-0.1, -0.05) is 0 Å². The van der Waals surface area contributed by atoms with Crippen molar-refractivity contribution in [2.75, 3.05) is 0 Å². The number of aryl methyl sites for hydroxylation is 1. The molecule has 0 atom stereocenters. The van der Waals surface area contributed by atoms with E-state index in [2.05, 4.69) is 38.3 Å². The van der Waals surface area contributed by atoms with Gasteiger partial charge in [0.25, 0.3) is 0 Å². The molecule has 0 bridgehead atoms. The van der Waals surface area contributed by atoms with Crippen LogP contribution in [0.2, 0.25) is 0 Å². The molecule has 0 aliphatic rings. The SMILES string of the molecule is C[n+]1ccc(-c2ccc3n[se]nc3c2)cc1.[I-]. The van der Waals surface area contributed by atoms with Crippen LogP contribution in [0.5, 0.6) is 0 Å². The van der Waals surface area contributed by atoms with Crippen LogP contribution in [0.4, 0.5) is 0 Å². The van der Waals surface area contributed by atoms with Crippen molar-refractivity contribution < 1.29 is 28.5 Å². The molecule has 0 aliphatic heterocycles. The monoisotopic (exact) mass is 403 g/mol. The van der Waals surface area contributed by atoms with E-state index in [0.29, 0.717) is 0 Å². The molecular formula is C12H10IN3Se. The fourth-order valence-electron chi connectivity index (χ4n) is 1.66. The summed E-state index contributed by atoms with van der Waals surface area (Å²) in [6, 6.07) is 10.5. The molecule has 2 aromatic heterocycles. The number of halogens is 1. The molecule has 17 heavy (non-hydrogen) atoms. The number of aromatic nitrogens is 3. The first-order valence-electron chi connectivity index (χ1n) is 5.01. The normalized spacial score (nSPS) is 10.2. The predicted octanol–water partition coefficient (Wildman–Crippen LogP) is -1.82. The molecule has 0 spiro atoms. The third kappa shape index (κ3) is 2.56. The first-order valence-corrected chi connectivity index (χ1v) is 6.54. The van der Waals surface area contributed by atoms with E-state index >= 15 is 0 Å². The maximum Gasteiger partial charge on any atom is -1.00 e. The fraction of sp³-hybridized carbons (Fsp3) is 0.0833. The molecule has 0 fully saturated rings. The van der Waals surface area contributed by atoms with Crippen LogP contribution in [0, 0.1) is 0 Å². The van der Waals surface area contributed by atoms with E-state index in [4.69, 9.17) is 0 Å². The summed E-state index contributed by atoms with van der Waals surface area (Å²) in [6.07, 6.45) is 4.10. The molecule has 5 heteroatoms. The number of pyridine rings is 1. The maximum absolute atomic E-state index is 4.39. The Hall–Kier alpha value is -0.781. The summed E-state index contributed by atoms with van der Waals surface area (Å²) in [5.74, 6) is 0. The Kier molecular flexibility index (Phi) is 3.91. The van der Waals surface area contributed by atoms with Crippen LogP contribution in [0.25, 0.3) is 22.2 Å². The number of hydrogen-bond donors (Lipinski definition) is 0. The predicted molar refractivity (Wildman–Crippen MR) is 63.1 cm³/mol. The molecule has 2 heterocycles. The van der Waals surface area contributed by atoms with E-state index in [9.17, 15) is 0 Å². The molecule has 0 amide bonds. The zero-order valence-corrected chi connectivity index (χ0v) is 13.0. The minimum absolute atomic E-state index is 0. The third-order valence-corrected chi connectivity index (χ3v) is 3.73. The van der Waals surface area contributed by atoms with Crippen molar-refractivity contribution in [3.05, 3.63) is 42.7 Å². The average molecular weight is 402 g/mol. The number of benzene rings is 1. The summed E-state index contributed by atoms with van der Waals surface area (Å²) in [7, 11) is 2.02. The van der Waals surface area contributed by atoms with Gasteiger partial charge < -0.3 is 24.0 Å². The van der Waals surface area contributed by atoms with Crippen molar-refractivity contribution >= 4 is 26.0 Å². The van der Waals surface area contributed by atoms with Crippen LogP contribution < -0.4 is 28.5 Å². The Labute approximate surface area is 123 Å². The molecule has 0 aliphatic carbocycles. The quantitative estimate of drug-likeness (QED) is 0.273. The number of nitrogens with zero attached hydrogens (tertiary/aromatic N) is 3. The van der Waals surface area contributed by atoms with Crippen LogP contribution >= 0.6 is 0 Å². The van der Waals surface area contributed by atoms with Gasteiger partial charge in [0, 0.05) is 0 Å². The van der Waals surface area contributed by atoms with Gasteiger partial charge in [0.2, 0.25) is 0 Å². The molecule has 0 unspecified atom stereocenters. The Bertz CT molecular complexity index is 634. The second-order valence-corrected chi connectivity index (χ2v) is 4.83. The van der Waals surface area contributed by atoms with Crippen LogP contribution in [0.3, 0.4) is 0 Å². The van der Waals surface area contributed by atoms with Crippen molar-refractivity contribution in [2.45, 2.75) is 0 Å². The summed E-state index contributed by atoms with van der Waals surface area (Å²) < 4.78 is 10.8. The molecule has 0 N–H and O–H groups in total. The second-order valence-electron chi connectivity index (χ2n) is 3.72. The van der Waals surface area contributed by atoms with E-state index in [1.165, 1.54) is 11.1 Å². The second kappa shape index (κ2) is 5.25.